The molecule has 1 saturated carbocycles. The lowest BCUT2D eigenvalue weighted by Crippen LogP contribution is -2.31. The highest BCUT2D eigenvalue weighted by molar-refractivity contribution is 9.10. The lowest BCUT2D eigenvalue weighted by molar-refractivity contribution is 0.367. The van der Waals surface area contributed by atoms with Gasteiger partial charge in [-0.2, -0.15) is 0 Å². The van der Waals surface area contributed by atoms with Crippen LogP contribution >= 0.6 is 15.9 Å². The van der Waals surface area contributed by atoms with Gasteiger partial charge in [0, 0.05) is 12.6 Å². The summed E-state index contributed by atoms with van der Waals surface area (Å²) in [4.78, 5) is 0. The van der Waals surface area contributed by atoms with E-state index in [-0.39, 0.29) is 5.75 Å². The Bertz CT molecular complexity index is 430. The summed E-state index contributed by atoms with van der Waals surface area (Å²) in [5.74, 6) is 1.48. The topological polar surface area (TPSA) is 41.5 Å². The number of halogens is 1. The van der Waals surface area contributed by atoms with E-state index in [1.165, 1.54) is 25.7 Å². The number of nitrogens with one attached hydrogen (secondary N) is 1. The number of benzene rings is 1. The van der Waals surface area contributed by atoms with Crippen LogP contribution in [0.4, 0.5) is 0 Å². The summed E-state index contributed by atoms with van der Waals surface area (Å²) in [7, 11) is 1.57. The number of methoxy groups -OCH3 is 1. The van der Waals surface area contributed by atoms with E-state index >= 15 is 0 Å². The number of phenols is 1. The van der Waals surface area contributed by atoms with Gasteiger partial charge in [-0.15, -0.1) is 0 Å². The molecule has 0 aliphatic heterocycles. The SMILES string of the molecule is COc1cc(CNC(C)C2CCCC2)cc(Br)c1O. The molecule has 0 bridgehead atoms. The van der Waals surface area contributed by atoms with Gasteiger partial charge in [0.25, 0.3) is 0 Å². The molecule has 0 heterocycles. The molecular weight excluding hydrogens is 306 g/mol. The number of hydrogen-bond acceptors (Lipinski definition) is 3. The minimum Gasteiger partial charge on any atom is -0.503 e. The van der Waals surface area contributed by atoms with Crippen LogP contribution in [0.2, 0.25) is 0 Å². The molecule has 2 rings (SSSR count). The van der Waals surface area contributed by atoms with Gasteiger partial charge < -0.3 is 15.2 Å². The monoisotopic (exact) mass is 327 g/mol. The normalized spacial score (nSPS) is 17.6. The van der Waals surface area contributed by atoms with Crippen molar-refractivity contribution in [3.8, 4) is 11.5 Å². The van der Waals surface area contributed by atoms with Crippen molar-refractivity contribution in [1.82, 2.24) is 5.32 Å². The van der Waals surface area contributed by atoms with E-state index in [1.807, 2.05) is 12.1 Å². The average Bonchev–Trinajstić information content (AvgIpc) is 2.93. The van der Waals surface area contributed by atoms with Gasteiger partial charge in [-0.3, -0.25) is 0 Å². The van der Waals surface area contributed by atoms with E-state index in [0.717, 1.165) is 18.0 Å². The molecule has 1 fully saturated rings. The molecule has 0 aromatic heterocycles. The van der Waals surface area contributed by atoms with Gasteiger partial charge in [0.2, 0.25) is 0 Å². The second-order valence-electron chi connectivity index (χ2n) is 5.34. The summed E-state index contributed by atoms with van der Waals surface area (Å²) in [6, 6.07) is 4.36. The fourth-order valence-corrected chi connectivity index (χ4v) is 3.28. The second-order valence-corrected chi connectivity index (χ2v) is 6.20. The zero-order chi connectivity index (χ0) is 13.8. The molecule has 1 atom stereocenters. The standard InChI is InChI=1S/C15H22BrNO2/c1-10(12-5-3-4-6-12)17-9-11-7-13(16)15(18)14(8-11)19-2/h7-8,10,12,17-18H,3-6,9H2,1-2H3. The molecule has 4 heteroatoms. The highest BCUT2D eigenvalue weighted by atomic mass is 79.9. The molecule has 1 aromatic rings. The Kier molecular flexibility index (Phi) is 5.11. The van der Waals surface area contributed by atoms with Crippen LogP contribution in [0.5, 0.6) is 11.5 Å². The van der Waals surface area contributed by atoms with E-state index in [1.54, 1.807) is 7.11 Å². The molecule has 0 saturated heterocycles. The third-order valence-electron chi connectivity index (χ3n) is 4.04. The quantitative estimate of drug-likeness (QED) is 0.863. The zero-order valence-corrected chi connectivity index (χ0v) is 13.2. The zero-order valence-electron chi connectivity index (χ0n) is 11.6. The molecule has 19 heavy (non-hydrogen) atoms. The largest absolute Gasteiger partial charge is 0.503 e. The predicted octanol–water partition coefficient (Wildman–Crippen LogP) is 3.83. The molecule has 3 nitrogen and oxygen atoms in total. The van der Waals surface area contributed by atoms with E-state index in [0.29, 0.717) is 16.3 Å². The molecule has 1 aliphatic carbocycles. The van der Waals surface area contributed by atoms with E-state index in [9.17, 15) is 5.11 Å². The first-order chi connectivity index (χ1) is 9.11. The summed E-state index contributed by atoms with van der Waals surface area (Å²) < 4.78 is 5.84. The molecule has 0 radical (unpaired) electrons. The third kappa shape index (κ3) is 3.63. The number of hydrogen-bond donors (Lipinski definition) is 2. The molecule has 0 amide bonds. The van der Waals surface area contributed by atoms with Crippen molar-refractivity contribution in [2.45, 2.75) is 45.2 Å². The first kappa shape index (κ1) is 14.7. The fourth-order valence-electron chi connectivity index (χ4n) is 2.79. The third-order valence-corrected chi connectivity index (χ3v) is 4.65. The van der Waals surface area contributed by atoms with Crippen LogP contribution in [0.25, 0.3) is 0 Å². The molecule has 0 spiro atoms. The van der Waals surface area contributed by atoms with Gasteiger partial charge in [-0.1, -0.05) is 12.8 Å². The summed E-state index contributed by atoms with van der Waals surface area (Å²) in [5, 5.41) is 13.4. The van der Waals surface area contributed by atoms with Crippen LogP contribution < -0.4 is 10.1 Å². The number of rotatable bonds is 5. The Morgan fingerprint density at radius 3 is 2.74 bits per heavy atom. The van der Waals surface area contributed by atoms with Gasteiger partial charge in [0.1, 0.15) is 0 Å². The molecular formula is C15H22BrNO2. The molecule has 106 valence electrons. The van der Waals surface area contributed by atoms with Crippen LogP contribution in [-0.4, -0.2) is 18.3 Å². The van der Waals surface area contributed by atoms with Gasteiger partial charge in [0.05, 0.1) is 11.6 Å². The Hall–Kier alpha value is -0.740. The van der Waals surface area contributed by atoms with Gasteiger partial charge in [-0.05, 0) is 59.3 Å². The van der Waals surface area contributed by atoms with Crippen LogP contribution in [0.15, 0.2) is 16.6 Å². The lowest BCUT2D eigenvalue weighted by Gasteiger charge is -2.20. The molecule has 1 aromatic carbocycles. The Morgan fingerprint density at radius 2 is 2.11 bits per heavy atom. The van der Waals surface area contributed by atoms with Crippen LogP contribution in [0.3, 0.4) is 0 Å². The summed E-state index contributed by atoms with van der Waals surface area (Å²) in [6.07, 6.45) is 5.43. The van der Waals surface area contributed by atoms with Gasteiger partial charge in [0.15, 0.2) is 11.5 Å². The maximum atomic E-state index is 9.78. The Balaban J connectivity index is 1.97. The lowest BCUT2D eigenvalue weighted by atomic mass is 9.99. The summed E-state index contributed by atoms with van der Waals surface area (Å²) >= 11 is 3.35. The second kappa shape index (κ2) is 6.62. The van der Waals surface area contributed by atoms with Crippen LogP contribution in [0, 0.1) is 5.92 Å². The summed E-state index contributed by atoms with van der Waals surface area (Å²) in [5.41, 5.74) is 1.12. The van der Waals surface area contributed by atoms with E-state index < -0.39 is 0 Å². The van der Waals surface area contributed by atoms with Crippen molar-refractivity contribution < 1.29 is 9.84 Å². The highest BCUT2D eigenvalue weighted by Gasteiger charge is 2.21. The number of aromatic hydroxyl groups is 1. The molecule has 1 aliphatic rings. The fraction of sp³-hybridized carbons (Fsp3) is 0.600. The highest BCUT2D eigenvalue weighted by Crippen LogP contribution is 2.35. The minimum absolute atomic E-state index is 0.162. The first-order valence-corrected chi connectivity index (χ1v) is 7.70. The van der Waals surface area contributed by atoms with Crippen LogP contribution in [-0.2, 0) is 6.54 Å². The van der Waals surface area contributed by atoms with Crippen molar-refractivity contribution in [3.05, 3.63) is 22.2 Å². The van der Waals surface area contributed by atoms with Crippen molar-refractivity contribution in [2.75, 3.05) is 7.11 Å². The Labute approximate surface area is 123 Å². The smallest absolute Gasteiger partial charge is 0.172 e. The maximum absolute atomic E-state index is 9.78. The van der Waals surface area contributed by atoms with E-state index in [2.05, 4.69) is 28.2 Å². The van der Waals surface area contributed by atoms with Gasteiger partial charge >= 0.3 is 0 Å². The Morgan fingerprint density at radius 1 is 1.42 bits per heavy atom. The van der Waals surface area contributed by atoms with Crippen molar-refractivity contribution in [3.63, 3.8) is 0 Å². The van der Waals surface area contributed by atoms with Crippen molar-refractivity contribution in [1.29, 1.82) is 0 Å². The molecule has 2 N–H and O–H groups in total. The minimum atomic E-state index is 0.162. The van der Waals surface area contributed by atoms with Crippen molar-refractivity contribution in [2.24, 2.45) is 5.92 Å². The molecule has 1 unspecified atom stereocenters. The summed E-state index contributed by atoms with van der Waals surface area (Å²) in [6.45, 7) is 3.07. The van der Waals surface area contributed by atoms with Crippen LogP contribution in [0.1, 0.15) is 38.2 Å². The van der Waals surface area contributed by atoms with E-state index in [4.69, 9.17) is 4.74 Å². The number of ether oxygens (including phenoxy) is 1. The first-order valence-electron chi connectivity index (χ1n) is 6.90. The maximum Gasteiger partial charge on any atom is 0.172 e. The van der Waals surface area contributed by atoms with Gasteiger partial charge in [-0.25, -0.2) is 0 Å². The number of phenolic OH excluding ortho intramolecular Hbond substituents is 1. The predicted molar refractivity (Wildman–Crippen MR) is 80.6 cm³/mol. The van der Waals surface area contributed by atoms with Crippen molar-refractivity contribution >= 4 is 15.9 Å². The average molecular weight is 328 g/mol.